The van der Waals surface area contributed by atoms with Gasteiger partial charge in [-0.15, -0.1) is 0 Å². The first kappa shape index (κ1) is 28.6. The van der Waals surface area contributed by atoms with E-state index in [1.807, 2.05) is 72.9 Å². The van der Waals surface area contributed by atoms with E-state index in [1.165, 1.54) is 0 Å². The molecule has 242 valence electrons. The second-order valence-corrected chi connectivity index (χ2v) is 13.0. The van der Waals surface area contributed by atoms with Crippen LogP contribution >= 0.6 is 0 Å². The zero-order chi connectivity index (χ0) is 34.2. The van der Waals surface area contributed by atoms with Crippen LogP contribution in [0.1, 0.15) is 0 Å². The van der Waals surface area contributed by atoms with E-state index < -0.39 is 0 Å². The third-order valence-electron chi connectivity index (χ3n) is 10.0. The van der Waals surface area contributed by atoms with Crippen LogP contribution in [0.15, 0.2) is 167 Å². The maximum absolute atomic E-state index is 6.34. The number of aromatic nitrogens is 4. The van der Waals surface area contributed by atoms with Crippen molar-refractivity contribution in [1.82, 2.24) is 19.9 Å². The second-order valence-electron chi connectivity index (χ2n) is 13.0. The Morgan fingerprint density at radius 1 is 0.365 bits per heavy atom. The van der Waals surface area contributed by atoms with E-state index in [1.54, 1.807) is 0 Å². The molecule has 11 aromatic rings. The monoisotopic (exact) mass is 666 g/mol. The number of rotatable bonds is 4. The molecule has 52 heavy (non-hydrogen) atoms. The summed E-state index contributed by atoms with van der Waals surface area (Å²) < 4.78 is 12.6. The van der Waals surface area contributed by atoms with Gasteiger partial charge >= 0.3 is 0 Å². The first-order valence-electron chi connectivity index (χ1n) is 17.2. The smallest absolute Gasteiger partial charge is 0.227 e. The number of fused-ring (bicyclic) bond motifs is 8. The minimum absolute atomic E-state index is 0.585. The summed E-state index contributed by atoms with van der Waals surface area (Å²) in [6.45, 7) is 0. The maximum atomic E-state index is 6.34. The van der Waals surface area contributed by atoms with Crippen molar-refractivity contribution in [2.45, 2.75) is 0 Å². The van der Waals surface area contributed by atoms with Gasteiger partial charge in [-0.3, -0.25) is 0 Å². The van der Waals surface area contributed by atoms with E-state index in [0.29, 0.717) is 23.2 Å². The van der Waals surface area contributed by atoms with E-state index in [-0.39, 0.29) is 0 Å². The topological polar surface area (TPSA) is 77.8 Å². The SMILES string of the molecule is c1ccc(-c2nc(-c3cccc4c(-c5ccnc6oc7cc8ccccc8cc7c56)cccc34)nc(-c3cccc4oc5ccccc5c34)n2)cc1. The van der Waals surface area contributed by atoms with E-state index in [4.69, 9.17) is 23.8 Å². The third-order valence-corrected chi connectivity index (χ3v) is 10.0. The molecule has 0 fully saturated rings. The van der Waals surface area contributed by atoms with E-state index in [2.05, 4.69) is 89.9 Å². The van der Waals surface area contributed by atoms with Gasteiger partial charge in [-0.25, -0.2) is 19.9 Å². The van der Waals surface area contributed by atoms with Crippen LogP contribution in [0, 0.1) is 0 Å². The van der Waals surface area contributed by atoms with Crippen LogP contribution in [0.4, 0.5) is 0 Å². The summed E-state index contributed by atoms with van der Waals surface area (Å²) in [6.07, 6.45) is 1.83. The summed E-state index contributed by atoms with van der Waals surface area (Å²) >= 11 is 0. The van der Waals surface area contributed by atoms with Gasteiger partial charge in [0.1, 0.15) is 16.7 Å². The number of benzene rings is 7. The normalized spacial score (nSPS) is 11.8. The largest absolute Gasteiger partial charge is 0.456 e. The lowest BCUT2D eigenvalue weighted by atomic mass is 9.93. The summed E-state index contributed by atoms with van der Waals surface area (Å²) in [6, 6.07) is 51.7. The summed E-state index contributed by atoms with van der Waals surface area (Å²) in [5.41, 5.74) is 7.91. The Morgan fingerprint density at radius 3 is 1.87 bits per heavy atom. The third kappa shape index (κ3) is 4.38. The highest BCUT2D eigenvalue weighted by molar-refractivity contribution is 6.17. The fourth-order valence-corrected chi connectivity index (χ4v) is 7.64. The summed E-state index contributed by atoms with van der Waals surface area (Å²) in [7, 11) is 0. The van der Waals surface area contributed by atoms with Crippen molar-refractivity contribution in [2.75, 3.05) is 0 Å². The van der Waals surface area contributed by atoms with E-state index in [0.717, 1.165) is 87.7 Å². The van der Waals surface area contributed by atoms with Gasteiger partial charge in [0.05, 0.1) is 5.39 Å². The number of pyridine rings is 1. The lowest BCUT2D eigenvalue weighted by Crippen LogP contribution is -2.01. The summed E-state index contributed by atoms with van der Waals surface area (Å²) in [4.78, 5) is 20.1. The van der Waals surface area contributed by atoms with Gasteiger partial charge in [-0.1, -0.05) is 121 Å². The minimum atomic E-state index is 0.585. The summed E-state index contributed by atoms with van der Waals surface area (Å²) in [5.74, 6) is 1.78. The number of para-hydroxylation sites is 1. The highest BCUT2D eigenvalue weighted by Crippen LogP contribution is 2.42. The molecule has 0 aliphatic carbocycles. The van der Waals surface area contributed by atoms with Crippen molar-refractivity contribution in [3.8, 4) is 45.3 Å². The molecule has 0 N–H and O–H groups in total. The molecule has 0 unspecified atom stereocenters. The molecule has 0 atom stereocenters. The first-order valence-corrected chi connectivity index (χ1v) is 17.2. The minimum Gasteiger partial charge on any atom is -0.456 e. The number of hydrogen-bond donors (Lipinski definition) is 0. The maximum Gasteiger partial charge on any atom is 0.227 e. The molecular weight excluding hydrogens is 641 g/mol. The van der Waals surface area contributed by atoms with Crippen LogP contribution < -0.4 is 0 Å². The molecule has 4 heterocycles. The average Bonchev–Trinajstić information content (AvgIpc) is 3.77. The van der Waals surface area contributed by atoms with Crippen molar-refractivity contribution >= 4 is 65.6 Å². The zero-order valence-electron chi connectivity index (χ0n) is 27.6. The van der Waals surface area contributed by atoms with Crippen LogP contribution in [0.2, 0.25) is 0 Å². The highest BCUT2D eigenvalue weighted by Gasteiger charge is 2.20. The van der Waals surface area contributed by atoms with Crippen molar-refractivity contribution in [3.63, 3.8) is 0 Å². The lowest BCUT2D eigenvalue weighted by molar-refractivity contribution is 0.654. The molecule has 6 nitrogen and oxygen atoms in total. The second kappa shape index (κ2) is 11.2. The standard InChI is InChI=1S/C46H26N4O2/c1-2-11-27(12-3-1)43-48-44(50-45(49-43)36-20-10-22-39-41(36)35-15-6-7-21-38(35)51-39)34-19-9-16-30-31(17-8-18-32(30)34)33-23-24-47-46-42(33)37-25-28-13-4-5-14-29(28)26-40(37)52-46/h1-26H. The van der Waals surface area contributed by atoms with Crippen LogP contribution in [0.3, 0.4) is 0 Å². The molecule has 0 aliphatic heterocycles. The average molecular weight is 667 g/mol. The molecule has 0 bridgehead atoms. The number of nitrogens with zero attached hydrogens (tertiary/aromatic N) is 4. The predicted molar refractivity (Wildman–Crippen MR) is 209 cm³/mol. The van der Waals surface area contributed by atoms with E-state index >= 15 is 0 Å². The quantitative estimate of drug-likeness (QED) is 0.186. The number of furan rings is 2. The highest BCUT2D eigenvalue weighted by atomic mass is 16.3. The molecule has 11 rings (SSSR count). The van der Waals surface area contributed by atoms with Gasteiger partial charge in [0, 0.05) is 39.0 Å². The Balaban J connectivity index is 1.15. The Kier molecular flexibility index (Phi) is 6.15. The van der Waals surface area contributed by atoms with Crippen LogP contribution in [-0.4, -0.2) is 19.9 Å². The first-order chi connectivity index (χ1) is 25.8. The molecule has 6 heteroatoms. The van der Waals surface area contributed by atoms with Crippen LogP contribution in [0.25, 0.3) is 111 Å². The van der Waals surface area contributed by atoms with Gasteiger partial charge in [-0.05, 0) is 63.0 Å². The van der Waals surface area contributed by atoms with Gasteiger partial charge in [0.25, 0.3) is 0 Å². The Bertz CT molecular complexity index is 3200. The van der Waals surface area contributed by atoms with Gasteiger partial charge in [0.15, 0.2) is 17.5 Å². The van der Waals surface area contributed by atoms with Crippen LogP contribution in [-0.2, 0) is 0 Å². The van der Waals surface area contributed by atoms with Gasteiger partial charge in [0.2, 0.25) is 5.71 Å². The fourth-order valence-electron chi connectivity index (χ4n) is 7.64. The molecule has 0 saturated heterocycles. The molecule has 0 aliphatic rings. The number of hydrogen-bond acceptors (Lipinski definition) is 6. The molecule has 0 radical (unpaired) electrons. The molecule has 7 aromatic carbocycles. The Labute approximate surface area is 296 Å². The van der Waals surface area contributed by atoms with Crippen molar-refractivity contribution < 1.29 is 8.83 Å². The molecule has 0 spiro atoms. The van der Waals surface area contributed by atoms with E-state index in [9.17, 15) is 0 Å². The molecule has 4 aromatic heterocycles. The molecule has 0 saturated carbocycles. The van der Waals surface area contributed by atoms with Gasteiger partial charge < -0.3 is 8.83 Å². The van der Waals surface area contributed by atoms with Crippen molar-refractivity contribution in [2.24, 2.45) is 0 Å². The van der Waals surface area contributed by atoms with Gasteiger partial charge in [-0.2, -0.15) is 0 Å². The summed E-state index contributed by atoms with van der Waals surface area (Å²) in [5, 5.41) is 8.45. The lowest BCUT2D eigenvalue weighted by Gasteiger charge is -2.13. The predicted octanol–water partition coefficient (Wildman–Crippen LogP) is 12.0. The van der Waals surface area contributed by atoms with Crippen molar-refractivity contribution in [3.05, 3.63) is 158 Å². The molecule has 0 amide bonds. The fraction of sp³-hybridized carbons (Fsp3) is 0. The Hall–Kier alpha value is -7.18. The Morgan fingerprint density at radius 2 is 1.00 bits per heavy atom. The zero-order valence-corrected chi connectivity index (χ0v) is 27.6. The van der Waals surface area contributed by atoms with Crippen molar-refractivity contribution in [1.29, 1.82) is 0 Å². The van der Waals surface area contributed by atoms with Crippen LogP contribution in [0.5, 0.6) is 0 Å². The molecular formula is C46H26N4O2.